The molecule has 1 heterocycles. The van der Waals surface area contributed by atoms with Gasteiger partial charge in [0.2, 0.25) is 0 Å². The van der Waals surface area contributed by atoms with Crippen LogP contribution in [0.5, 0.6) is 0 Å². The van der Waals surface area contributed by atoms with Gasteiger partial charge in [-0.2, -0.15) is 11.8 Å². The van der Waals surface area contributed by atoms with Gasteiger partial charge in [0.05, 0.1) is 0 Å². The summed E-state index contributed by atoms with van der Waals surface area (Å²) in [6, 6.07) is 0.598. The van der Waals surface area contributed by atoms with Crippen molar-refractivity contribution in [2.75, 3.05) is 39.5 Å². The lowest BCUT2D eigenvalue weighted by Gasteiger charge is -2.29. The molecule has 0 amide bonds. The van der Waals surface area contributed by atoms with Gasteiger partial charge in [0.25, 0.3) is 0 Å². The predicted octanol–water partition coefficient (Wildman–Crippen LogP) is 3.18. The van der Waals surface area contributed by atoms with E-state index in [0.29, 0.717) is 12.0 Å². The summed E-state index contributed by atoms with van der Waals surface area (Å²) in [5.41, 5.74) is 0. The van der Waals surface area contributed by atoms with Gasteiger partial charge >= 0.3 is 0 Å². The third kappa shape index (κ3) is 7.82. The molecule has 0 aromatic carbocycles. The van der Waals surface area contributed by atoms with Crippen molar-refractivity contribution in [1.82, 2.24) is 15.5 Å². The largest absolute Gasteiger partial charge is 0.356 e. The van der Waals surface area contributed by atoms with Crippen LogP contribution < -0.4 is 10.6 Å². The summed E-state index contributed by atoms with van der Waals surface area (Å²) in [7, 11) is 1.88. The third-order valence-electron chi connectivity index (χ3n) is 4.92. The number of hydrogen-bond acceptors (Lipinski definition) is 3. The highest BCUT2D eigenvalue weighted by atomic mass is 127. The van der Waals surface area contributed by atoms with Gasteiger partial charge in [0, 0.05) is 31.4 Å². The summed E-state index contributed by atoms with van der Waals surface area (Å²) in [6.45, 7) is 7.13. The van der Waals surface area contributed by atoms with Gasteiger partial charge in [0.15, 0.2) is 5.96 Å². The van der Waals surface area contributed by atoms with Crippen molar-refractivity contribution >= 4 is 41.7 Å². The Hall–Kier alpha value is 0.310. The Morgan fingerprint density at radius 1 is 1.26 bits per heavy atom. The minimum absolute atomic E-state index is 0. The fraction of sp³-hybridized carbons (Fsp3) is 0.941. The van der Waals surface area contributed by atoms with Gasteiger partial charge in [-0.1, -0.05) is 13.3 Å². The van der Waals surface area contributed by atoms with Gasteiger partial charge in [-0.05, 0) is 57.4 Å². The summed E-state index contributed by atoms with van der Waals surface area (Å²) >= 11 is 2.00. The fourth-order valence-electron chi connectivity index (χ4n) is 3.59. The van der Waals surface area contributed by atoms with E-state index in [0.717, 1.165) is 17.8 Å². The van der Waals surface area contributed by atoms with E-state index < -0.39 is 0 Å². The maximum atomic E-state index is 4.40. The second-order valence-corrected chi connectivity index (χ2v) is 8.07. The summed E-state index contributed by atoms with van der Waals surface area (Å²) in [4.78, 5) is 7.01. The van der Waals surface area contributed by atoms with E-state index in [1.54, 1.807) is 0 Å². The number of thioether (sulfide) groups is 1. The minimum Gasteiger partial charge on any atom is -0.356 e. The van der Waals surface area contributed by atoms with E-state index in [2.05, 4.69) is 33.7 Å². The maximum absolute atomic E-state index is 4.40. The molecule has 1 aliphatic carbocycles. The van der Waals surface area contributed by atoms with Gasteiger partial charge in [0.1, 0.15) is 0 Å². The molecule has 3 atom stereocenters. The first kappa shape index (κ1) is 21.4. The molecule has 0 aromatic heterocycles. The number of nitrogens with one attached hydrogen (secondary N) is 2. The number of hydrogen-bond donors (Lipinski definition) is 2. The van der Waals surface area contributed by atoms with Crippen molar-refractivity contribution in [3.8, 4) is 0 Å². The van der Waals surface area contributed by atoms with Gasteiger partial charge in [-0.25, -0.2) is 0 Å². The molecule has 2 fully saturated rings. The highest BCUT2D eigenvalue weighted by Gasteiger charge is 2.24. The minimum atomic E-state index is 0. The topological polar surface area (TPSA) is 39.7 Å². The van der Waals surface area contributed by atoms with Gasteiger partial charge < -0.3 is 15.5 Å². The smallest absolute Gasteiger partial charge is 0.191 e. The van der Waals surface area contributed by atoms with Crippen molar-refractivity contribution in [3.63, 3.8) is 0 Å². The van der Waals surface area contributed by atoms with Crippen molar-refractivity contribution < 1.29 is 0 Å². The van der Waals surface area contributed by atoms with Crippen molar-refractivity contribution in [2.24, 2.45) is 10.9 Å². The zero-order valence-electron chi connectivity index (χ0n) is 15.0. The van der Waals surface area contributed by atoms with E-state index in [1.165, 1.54) is 58.2 Å². The number of rotatable bonds is 6. The average molecular weight is 454 g/mol. The molecule has 3 unspecified atom stereocenters. The van der Waals surface area contributed by atoms with Crippen molar-refractivity contribution in [2.45, 2.75) is 56.7 Å². The predicted molar refractivity (Wildman–Crippen MR) is 114 cm³/mol. The Bertz CT molecular complexity index is 347. The Balaban J connectivity index is 0.00000264. The zero-order valence-corrected chi connectivity index (χ0v) is 18.2. The molecule has 1 saturated heterocycles. The van der Waals surface area contributed by atoms with Crippen molar-refractivity contribution in [1.29, 1.82) is 0 Å². The maximum Gasteiger partial charge on any atom is 0.191 e. The SMILES string of the molecule is CN=C(NCC(C)CN1CCCCC1)NC1CCC(SC)C1.I. The molecule has 4 nitrogen and oxygen atoms in total. The Labute approximate surface area is 164 Å². The summed E-state index contributed by atoms with van der Waals surface area (Å²) in [5, 5.41) is 7.95. The molecule has 0 radical (unpaired) electrons. The van der Waals surface area contributed by atoms with Crippen LogP contribution in [-0.2, 0) is 0 Å². The van der Waals surface area contributed by atoms with Gasteiger partial charge in [-0.15, -0.1) is 24.0 Å². The fourth-order valence-corrected chi connectivity index (χ4v) is 4.39. The molecule has 0 spiro atoms. The molecule has 0 aromatic rings. The van der Waals surface area contributed by atoms with E-state index in [1.807, 2.05) is 18.8 Å². The van der Waals surface area contributed by atoms with Crippen LogP contribution in [0.2, 0.25) is 0 Å². The summed E-state index contributed by atoms with van der Waals surface area (Å²) < 4.78 is 0. The molecule has 2 rings (SSSR count). The van der Waals surface area contributed by atoms with Crippen LogP contribution in [0.4, 0.5) is 0 Å². The lowest BCUT2D eigenvalue weighted by atomic mass is 10.1. The van der Waals surface area contributed by atoms with E-state index >= 15 is 0 Å². The second kappa shape index (κ2) is 11.8. The molecule has 136 valence electrons. The van der Waals surface area contributed by atoms with Crippen LogP contribution >= 0.6 is 35.7 Å². The van der Waals surface area contributed by atoms with Crippen LogP contribution in [0.3, 0.4) is 0 Å². The molecular weight excluding hydrogens is 419 g/mol. The number of nitrogens with zero attached hydrogens (tertiary/aromatic N) is 2. The van der Waals surface area contributed by atoms with E-state index in [9.17, 15) is 0 Å². The average Bonchev–Trinajstić information content (AvgIpc) is 3.00. The van der Waals surface area contributed by atoms with E-state index in [4.69, 9.17) is 0 Å². The molecule has 2 aliphatic rings. The number of halogens is 1. The first-order chi connectivity index (χ1) is 10.7. The summed E-state index contributed by atoms with van der Waals surface area (Å²) in [6.07, 6.45) is 10.3. The number of likely N-dealkylation sites (tertiary alicyclic amines) is 1. The standard InChI is InChI=1S/C17H34N4S.HI/c1-14(13-21-9-5-4-6-10-21)12-19-17(18-2)20-15-7-8-16(11-15)22-3;/h14-16H,4-13H2,1-3H3,(H2,18,19,20);1H. The highest BCUT2D eigenvalue weighted by molar-refractivity contribution is 14.0. The Kier molecular flexibility index (Phi) is 10.9. The normalized spacial score (nSPS) is 27.3. The van der Waals surface area contributed by atoms with Crippen LogP contribution in [0.1, 0.15) is 45.4 Å². The van der Waals surface area contributed by atoms with E-state index in [-0.39, 0.29) is 24.0 Å². The van der Waals surface area contributed by atoms with Crippen LogP contribution in [0.25, 0.3) is 0 Å². The molecule has 0 bridgehead atoms. The molecular formula is C17H35IN4S. The molecule has 2 N–H and O–H groups in total. The molecule has 1 saturated carbocycles. The number of guanidine groups is 1. The first-order valence-corrected chi connectivity index (χ1v) is 10.2. The molecule has 23 heavy (non-hydrogen) atoms. The lowest BCUT2D eigenvalue weighted by Crippen LogP contribution is -2.45. The quantitative estimate of drug-likeness (QED) is 0.368. The van der Waals surface area contributed by atoms with Crippen molar-refractivity contribution in [3.05, 3.63) is 0 Å². The second-order valence-electron chi connectivity index (χ2n) is 6.93. The number of aliphatic imine (C=N–C) groups is 1. The van der Waals surface area contributed by atoms with Crippen LogP contribution in [0, 0.1) is 5.92 Å². The highest BCUT2D eigenvalue weighted by Crippen LogP contribution is 2.27. The third-order valence-corrected chi connectivity index (χ3v) is 6.01. The summed E-state index contributed by atoms with van der Waals surface area (Å²) in [5.74, 6) is 1.65. The molecule has 1 aliphatic heterocycles. The Morgan fingerprint density at radius 3 is 2.61 bits per heavy atom. The number of piperidine rings is 1. The van der Waals surface area contributed by atoms with Crippen LogP contribution in [-0.4, -0.2) is 61.6 Å². The monoisotopic (exact) mass is 454 g/mol. The molecule has 6 heteroatoms. The van der Waals surface area contributed by atoms with Gasteiger partial charge in [-0.3, -0.25) is 4.99 Å². The Morgan fingerprint density at radius 2 is 2.00 bits per heavy atom. The van der Waals surface area contributed by atoms with Crippen LogP contribution in [0.15, 0.2) is 4.99 Å². The first-order valence-electron chi connectivity index (χ1n) is 8.93. The zero-order chi connectivity index (χ0) is 15.8. The lowest BCUT2D eigenvalue weighted by molar-refractivity contribution is 0.201.